The number of likely N-dealkylation sites (tertiary alicyclic amines) is 2. The number of ether oxygens (including phenoxy) is 2. The third-order valence-corrected chi connectivity index (χ3v) is 7.21. The zero-order chi connectivity index (χ0) is 24.4. The molecule has 2 heterocycles. The van der Waals surface area contributed by atoms with E-state index in [9.17, 15) is 14.4 Å². The Balaban J connectivity index is 1.13. The molecule has 2 unspecified atom stereocenters. The molecular weight excluding hydrogens is 444 g/mol. The molecule has 2 atom stereocenters. The molecule has 2 fully saturated rings. The van der Waals surface area contributed by atoms with Crippen LogP contribution in [0.3, 0.4) is 0 Å². The monoisotopic (exact) mass is 474 g/mol. The molecule has 2 saturated heterocycles. The Morgan fingerprint density at radius 3 is 2.26 bits per heavy atom. The van der Waals surface area contributed by atoms with E-state index < -0.39 is 0 Å². The minimum absolute atomic E-state index is 0.0296. The van der Waals surface area contributed by atoms with Crippen molar-refractivity contribution in [3.63, 3.8) is 0 Å². The van der Waals surface area contributed by atoms with E-state index in [-0.39, 0.29) is 35.6 Å². The summed E-state index contributed by atoms with van der Waals surface area (Å²) < 4.78 is 11.4. The molecule has 0 N–H and O–H groups in total. The van der Waals surface area contributed by atoms with E-state index >= 15 is 0 Å². The summed E-state index contributed by atoms with van der Waals surface area (Å²) in [6.45, 7) is 1.29. The Kier molecular flexibility index (Phi) is 6.57. The van der Waals surface area contributed by atoms with Crippen LogP contribution in [0.4, 0.5) is 0 Å². The van der Waals surface area contributed by atoms with Crippen molar-refractivity contribution >= 4 is 17.7 Å². The molecule has 0 spiro atoms. The van der Waals surface area contributed by atoms with Gasteiger partial charge in [0.1, 0.15) is 6.61 Å². The van der Waals surface area contributed by atoms with Crippen LogP contribution in [-0.2, 0) is 27.4 Å². The van der Waals surface area contributed by atoms with Crippen LogP contribution in [0.25, 0.3) is 0 Å². The molecule has 2 aliphatic heterocycles. The Labute approximate surface area is 205 Å². The van der Waals surface area contributed by atoms with Crippen LogP contribution in [0.5, 0.6) is 11.5 Å². The molecule has 1 aliphatic carbocycles. The lowest BCUT2D eigenvalue weighted by molar-refractivity contribution is -0.152. The summed E-state index contributed by atoms with van der Waals surface area (Å²) in [5.74, 6) is 0.758. The summed E-state index contributed by atoms with van der Waals surface area (Å²) in [4.78, 5) is 41.4. The van der Waals surface area contributed by atoms with Gasteiger partial charge in [-0.05, 0) is 42.5 Å². The first-order valence-corrected chi connectivity index (χ1v) is 12.2. The first kappa shape index (κ1) is 23.1. The average molecular weight is 475 g/mol. The fraction of sp³-hybridized carbons (Fsp3) is 0.393. The second kappa shape index (κ2) is 9.94. The van der Waals surface area contributed by atoms with E-state index in [1.165, 1.54) is 4.90 Å². The normalized spacial score (nSPS) is 21.6. The molecule has 0 saturated carbocycles. The molecule has 0 aromatic heterocycles. The topological polar surface area (TPSA) is 76.2 Å². The zero-order valence-electron chi connectivity index (χ0n) is 19.9. The number of carbonyl (C=O) groups is 3. The lowest BCUT2D eigenvalue weighted by Crippen LogP contribution is -2.62. The Morgan fingerprint density at radius 1 is 0.914 bits per heavy atom. The number of allylic oxidation sites excluding steroid dienone is 2. The molecule has 3 aliphatic rings. The van der Waals surface area contributed by atoms with Gasteiger partial charge in [-0.25, -0.2) is 0 Å². The number of fused-ring (bicyclic) bond motifs is 1. The van der Waals surface area contributed by atoms with E-state index in [1.54, 1.807) is 12.0 Å². The van der Waals surface area contributed by atoms with Gasteiger partial charge < -0.3 is 14.4 Å². The maximum Gasteiger partial charge on any atom is 0.233 e. The van der Waals surface area contributed by atoms with Crippen LogP contribution in [0.15, 0.2) is 60.7 Å². The summed E-state index contributed by atoms with van der Waals surface area (Å²) in [5, 5.41) is 0. The summed E-state index contributed by atoms with van der Waals surface area (Å²) in [7, 11) is 1.61. The van der Waals surface area contributed by atoms with Crippen LogP contribution >= 0.6 is 0 Å². The van der Waals surface area contributed by atoms with Crippen molar-refractivity contribution < 1.29 is 23.9 Å². The summed E-state index contributed by atoms with van der Waals surface area (Å²) in [6.07, 6.45) is 6.19. The molecule has 182 valence electrons. The van der Waals surface area contributed by atoms with Gasteiger partial charge in [-0.1, -0.05) is 48.6 Å². The molecular formula is C28H30N2O5. The Morgan fingerprint density at radius 2 is 1.60 bits per heavy atom. The highest BCUT2D eigenvalue weighted by molar-refractivity contribution is 6.06. The van der Waals surface area contributed by atoms with Gasteiger partial charge in [0.05, 0.1) is 25.0 Å². The van der Waals surface area contributed by atoms with Crippen LogP contribution in [0.2, 0.25) is 0 Å². The number of hydrogen-bond acceptors (Lipinski definition) is 5. The molecule has 0 bridgehead atoms. The molecule has 7 nitrogen and oxygen atoms in total. The molecule has 0 radical (unpaired) electrons. The van der Waals surface area contributed by atoms with Gasteiger partial charge >= 0.3 is 0 Å². The zero-order valence-corrected chi connectivity index (χ0v) is 19.9. The second-order valence-electron chi connectivity index (χ2n) is 9.41. The van der Waals surface area contributed by atoms with Crippen molar-refractivity contribution in [2.75, 3.05) is 20.2 Å². The lowest BCUT2D eigenvalue weighted by atomic mass is 9.85. The van der Waals surface area contributed by atoms with Crippen molar-refractivity contribution in [2.45, 2.75) is 38.3 Å². The molecule has 3 amide bonds. The number of benzene rings is 2. The van der Waals surface area contributed by atoms with Crippen LogP contribution < -0.4 is 9.47 Å². The average Bonchev–Trinajstić information content (AvgIpc) is 3.11. The van der Waals surface area contributed by atoms with Gasteiger partial charge in [-0.2, -0.15) is 0 Å². The highest BCUT2D eigenvalue weighted by atomic mass is 16.5. The number of amides is 3. The number of aryl methyl sites for hydroxylation is 1. The first-order chi connectivity index (χ1) is 17.0. The van der Waals surface area contributed by atoms with E-state index in [0.29, 0.717) is 56.9 Å². The van der Waals surface area contributed by atoms with Crippen LogP contribution in [-0.4, -0.2) is 53.8 Å². The maximum atomic E-state index is 12.8. The van der Waals surface area contributed by atoms with Gasteiger partial charge in [0, 0.05) is 19.5 Å². The van der Waals surface area contributed by atoms with Crippen LogP contribution in [0.1, 0.15) is 30.4 Å². The van der Waals surface area contributed by atoms with E-state index in [4.69, 9.17) is 9.47 Å². The van der Waals surface area contributed by atoms with E-state index in [0.717, 1.165) is 11.1 Å². The third-order valence-electron chi connectivity index (χ3n) is 7.21. The Hall–Kier alpha value is -3.61. The number of rotatable bonds is 8. The standard InChI is InChI=1S/C28H30N2O5/c1-34-24-13-11-19(15-25(24)35-18-20-7-3-2-4-8-20)12-14-26(31)29-16-21(17-29)30-27(32)22-9-5-6-10-23(22)28(30)33/h2-8,11,13,15,21-23H,9-10,12,14,16-18H2,1H3. The summed E-state index contributed by atoms with van der Waals surface area (Å²) in [6, 6.07) is 15.4. The Bertz CT molecular complexity index is 1110. The number of nitrogens with zero attached hydrogens (tertiary/aromatic N) is 2. The van der Waals surface area contributed by atoms with Gasteiger partial charge in [-0.15, -0.1) is 0 Å². The molecule has 2 aromatic rings. The van der Waals surface area contributed by atoms with E-state index in [2.05, 4.69) is 0 Å². The van der Waals surface area contributed by atoms with Crippen molar-refractivity contribution in [1.29, 1.82) is 0 Å². The fourth-order valence-corrected chi connectivity index (χ4v) is 5.14. The van der Waals surface area contributed by atoms with E-state index in [1.807, 2.05) is 60.7 Å². The SMILES string of the molecule is COc1ccc(CCC(=O)N2CC(N3C(=O)C4CC=CCC4C3=O)C2)cc1OCc1ccccc1. The van der Waals surface area contributed by atoms with Crippen molar-refractivity contribution in [3.05, 3.63) is 71.8 Å². The first-order valence-electron chi connectivity index (χ1n) is 12.2. The quantitative estimate of drug-likeness (QED) is 0.433. The number of carbonyl (C=O) groups excluding carboxylic acids is 3. The van der Waals surface area contributed by atoms with Crippen molar-refractivity contribution in [2.24, 2.45) is 11.8 Å². The minimum atomic E-state index is -0.217. The maximum absolute atomic E-state index is 12.8. The fourth-order valence-electron chi connectivity index (χ4n) is 5.14. The largest absolute Gasteiger partial charge is 0.493 e. The van der Waals surface area contributed by atoms with Crippen molar-refractivity contribution in [3.8, 4) is 11.5 Å². The van der Waals surface area contributed by atoms with Crippen LogP contribution in [0, 0.1) is 11.8 Å². The highest BCUT2D eigenvalue weighted by Crippen LogP contribution is 2.37. The summed E-state index contributed by atoms with van der Waals surface area (Å²) >= 11 is 0. The van der Waals surface area contributed by atoms with Gasteiger partial charge in [0.25, 0.3) is 0 Å². The number of imide groups is 1. The lowest BCUT2D eigenvalue weighted by Gasteiger charge is -2.43. The summed E-state index contributed by atoms with van der Waals surface area (Å²) in [5.41, 5.74) is 2.05. The van der Waals surface area contributed by atoms with Gasteiger partial charge in [0.15, 0.2) is 11.5 Å². The predicted octanol–water partition coefficient (Wildman–Crippen LogP) is 3.37. The van der Waals surface area contributed by atoms with Gasteiger partial charge in [-0.3, -0.25) is 19.3 Å². The molecule has 35 heavy (non-hydrogen) atoms. The third kappa shape index (κ3) is 4.67. The van der Waals surface area contributed by atoms with Gasteiger partial charge in [0.2, 0.25) is 17.7 Å². The molecule has 5 rings (SSSR count). The number of hydrogen-bond donors (Lipinski definition) is 0. The minimum Gasteiger partial charge on any atom is -0.493 e. The highest BCUT2D eigenvalue weighted by Gasteiger charge is 2.52. The molecule has 7 heteroatoms. The predicted molar refractivity (Wildman–Crippen MR) is 130 cm³/mol. The number of methoxy groups -OCH3 is 1. The second-order valence-corrected chi connectivity index (χ2v) is 9.41. The smallest absolute Gasteiger partial charge is 0.233 e. The van der Waals surface area contributed by atoms with Crippen molar-refractivity contribution in [1.82, 2.24) is 9.80 Å². The molecule has 2 aromatic carbocycles.